The van der Waals surface area contributed by atoms with E-state index in [1.807, 2.05) is 24.3 Å². The van der Waals surface area contributed by atoms with Crippen LogP contribution in [0.2, 0.25) is 0 Å². The highest BCUT2D eigenvalue weighted by Crippen LogP contribution is 2.10. The van der Waals surface area contributed by atoms with Gasteiger partial charge in [-0.3, -0.25) is 4.79 Å². The third kappa shape index (κ3) is 8.35. The molecule has 0 bridgehead atoms. The van der Waals surface area contributed by atoms with Gasteiger partial charge in [-0.2, -0.15) is 0 Å². The van der Waals surface area contributed by atoms with E-state index in [0.717, 1.165) is 18.3 Å². The predicted octanol–water partition coefficient (Wildman–Crippen LogP) is 5.77. The average molecular weight is 284 g/mol. The summed E-state index contributed by atoms with van der Waals surface area (Å²) in [6.07, 6.45) is 13.9. The van der Waals surface area contributed by atoms with Gasteiger partial charge in [-0.15, -0.1) is 0 Å². The first-order chi connectivity index (χ1) is 10.4. The molecule has 1 heteroatoms. The number of benzene rings is 1. The topological polar surface area (TPSA) is 17.1 Å². The van der Waals surface area contributed by atoms with Crippen LogP contribution >= 0.6 is 0 Å². The van der Waals surface area contributed by atoms with Crippen molar-refractivity contribution >= 4 is 6.29 Å². The summed E-state index contributed by atoms with van der Waals surface area (Å²) in [5.41, 5.74) is 1.54. The highest BCUT2D eigenvalue weighted by Gasteiger charge is 1.95. The predicted molar refractivity (Wildman–Crippen MR) is 90.6 cm³/mol. The zero-order chi connectivity index (χ0) is 15.2. The Morgan fingerprint density at radius 2 is 1.52 bits per heavy atom. The Morgan fingerprint density at radius 3 is 2.19 bits per heavy atom. The van der Waals surface area contributed by atoms with Crippen molar-refractivity contribution in [2.24, 2.45) is 0 Å². The number of rotatable bonds is 10. The van der Waals surface area contributed by atoms with Crippen LogP contribution in [0.3, 0.4) is 0 Å². The first-order valence-electron chi connectivity index (χ1n) is 8.41. The maximum absolute atomic E-state index is 10.9. The number of hydrogen-bond acceptors (Lipinski definition) is 1. The minimum atomic E-state index is 0.692. The zero-order valence-electron chi connectivity index (χ0n) is 13.4. The fourth-order valence-corrected chi connectivity index (χ4v) is 2.40. The molecule has 0 aliphatic heterocycles. The van der Waals surface area contributed by atoms with Gasteiger partial charge in [-0.25, -0.2) is 0 Å². The molecule has 1 aromatic carbocycles. The molecule has 1 rings (SSSR count). The molecule has 1 nitrogen and oxygen atoms in total. The van der Waals surface area contributed by atoms with Crippen molar-refractivity contribution < 1.29 is 4.79 Å². The van der Waals surface area contributed by atoms with E-state index >= 15 is 0 Å². The van der Waals surface area contributed by atoms with Crippen molar-refractivity contribution in [1.82, 2.24) is 0 Å². The number of unbranched alkanes of at least 4 members (excludes halogenated alkanes) is 9. The smallest absolute Gasteiger partial charge is 0.151 e. The molecule has 0 unspecified atom stereocenters. The molecule has 21 heavy (non-hydrogen) atoms. The van der Waals surface area contributed by atoms with E-state index in [0.29, 0.717) is 5.56 Å². The summed E-state index contributed by atoms with van der Waals surface area (Å²) in [6.45, 7) is 2.26. The molecule has 0 saturated carbocycles. The van der Waals surface area contributed by atoms with E-state index in [1.165, 1.54) is 57.8 Å². The maximum atomic E-state index is 10.9. The molecule has 0 spiro atoms. The highest BCUT2D eigenvalue weighted by molar-refractivity contribution is 5.79. The van der Waals surface area contributed by atoms with Gasteiger partial charge in [0.1, 0.15) is 0 Å². The minimum absolute atomic E-state index is 0.692. The van der Waals surface area contributed by atoms with Crippen molar-refractivity contribution in [3.8, 4) is 11.8 Å². The Hall–Kier alpha value is -1.55. The molecule has 114 valence electrons. The van der Waals surface area contributed by atoms with Crippen LogP contribution < -0.4 is 0 Å². The van der Waals surface area contributed by atoms with Crippen molar-refractivity contribution in [1.29, 1.82) is 0 Å². The highest BCUT2D eigenvalue weighted by atomic mass is 16.1. The first kappa shape index (κ1) is 17.5. The third-order valence-electron chi connectivity index (χ3n) is 3.72. The molecular weight excluding hydrogens is 256 g/mol. The Morgan fingerprint density at radius 1 is 0.905 bits per heavy atom. The molecule has 0 amide bonds. The molecule has 0 saturated heterocycles. The van der Waals surface area contributed by atoms with Crippen LogP contribution in [0.25, 0.3) is 0 Å². The van der Waals surface area contributed by atoms with Gasteiger partial charge in [0, 0.05) is 17.5 Å². The van der Waals surface area contributed by atoms with Gasteiger partial charge in [0.15, 0.2) is 6.29 Å². The molecule has 0 N–H and O–H groups in total. The number of carbonyl (C=O) groups excluding carboxylic acids is 1. The van der Waals surface area contributed by atoms with E-state index in [2.05, 4.69) is 18.8 Å². The second-order valence-electron chi connectivity index (χ2n) is 5.59. The molecule has 0 heterocycles. The Bertz CT molecular complexity index is 450. The SMILES string of the molecule is CCCCCCCCCCCC#Cc1ccccc1C=O. The lowest BCUT2D eigenvalue weighted by Crippen LogP contribution is -1.85. The van der Waals surface area contributed by atoms with Gasteiger partial charge < -0.3 is 0 Å². The standard InChI is InChI=1S/C20H28O/c1-2-3-4-5-6-7-8-9-10-11-12-15-19-16-13-14-17-20(19)18-21/h13-14,16-18H,2-11H2,1H3. The molecule has 1 aromatic rings. The Labute approximate surface area is 130 Å². The summed E-state index contributed by atoms with van der Waals surface area (Å²) in [4.78, 5) is 10.9. The minimum Gasteiger partial charge on any atom is -0.298 e. The molecule has 0 atom stereocenters. The van der Waals surface area contributed by atoms with Crippen LogP contribution in [-0.2, 0) is 0 Å². The summed E-state index contributed by atoms with van der Waals surface area (Å²) >= 11 is 0. The molecule has 0 aliphatic carbocycles. The number of hydrogen-bond donors (Lipinski definition) is 0. The van der Waals surface area contributed by atoms with Crippen LogP contribution in [0, 0.1) is 11.8 Å². The van der Waals surface area contributed by atoms with E-state index in [-0.39, 0.29) is 0 Å². The van der Waals surface area contributed by atoms with Gasteiger partial charge in [0.25, 0.3) is 0 Å². The van der Waals surface area contributed by atoms with Crippen LogP contribution in [0.4, 0.5) is 0 Å². The number of carbonyl (C=O) groups is 1. The summed E-state index contributed by atoms with van der Waals surface area (Å²) in [6, 6.07) is 7.52. The average Bonchev–Trinajstić information content (AvgIpc) is 2.53. The summed E-state index contributed by atoms with van der Waals surface area (Å²) in [5.74, 6) is 6.29. The maximum Gasteiger partial charge on any atom is 0.151 e. The van der Waals surface area contributed by atoms with Crippen molar-refractivity contribution in [3.63, 3.8) is 0 Å². The van der Waals surface area contributed by atoms with Crippen molar-refractivity contribution in [3.05, 3.63) is 35.4 Å². The van der Waals surface area contributed by atoms with E-state index in [4.69, 9.17) is 0 Å². The van der Waals surface area contributed by atoms with Crippen LogP contribution in [0.15, 0.2) is 24.3 Å². The second kappa shape index (κ2) is 12.2. The summed E-state index contributed by atoms with van der Waals surface area (Å²) < 4.78 is 0. The lowest BCUT2D eigenvalue weighted by molar-refractivity contribution is 0.112. The van der Waals surface area contributed by atoms with Gasteiger partial charge >= 0.3 is 0 Å². The van der Waals surface area contributed by atoms with Gasteiger partial charge in [0.05, 0.1) is 0 Å². The lowest BCUT2D eigenvalue weighted by atomic mass is 10.1. The van der Waals surface area contributed by atoms with E-state index in [9.17, 15) is 4.79 Å². The van der Waals surface area contributed by atoms with Gasteiger partial charge in [-0.1, -0.05) is 88.3 Å². The zero-order valence-corrected chi connectivity index (χ0v) is 13.4. The van der Waals surface area contributed by atoms with Gasteiger partial charge in [-0.05, 0) is 12.5 Å². The fraction of sp³-hybridized carbons (Fsp3) is 0.550. The summed E-state index contributed by atoms with van der Waals surface area (Å²) in [7, 11) is 0. The monoisotopic (exact) mass is 284 g/mol. The van der Waals surface area contributed by atoms with Crippen molar-refractivity contribution in [2.45, 2.75) is 71.1 Å². The second-order valence-corrected chi connectivity index (χ2v) is 5.59. The van der Waals surface area contributed by atoms with E-state index in [1.54, 1.807) is 0 Å². The fourth-order valence-electron chi connectivity index (χ4n) is 2.40. The third-order valence-corrected chi connectivity index (χ3v) is 3.72. The Kier molecular flexibility index (Phi) is 10.2. The molecular formula is C20H28O. The van der Waals surface area contributed by atoms with Crippen LogP contribution in [-0.4, -0.2) is 6.29 Å². The number of aldehydes is 1. The molecule has 0 aliphatic rings. The van der Waals surface area contributed by atoms with Crippen LogP contribution in [0.1, 0.15) is 87.1 Å². The van der Waals surface area contributed by atoms with E-state index < -0.39 is 0 Å². The Balaban J connectivity index is 2.07. The lowest BCUT2D eigenvalue weighted by Gasteiger charge is -2.00. The van der Waals surface area contributed by atoms with Crippen LogP contribution in [0.5, 0.6) is 0 Å². The summed E-state index contributed by atoms with van der Waals surface area (Å²) in [5, 5.41) is 0. The molecule has 0 fully saturated rings. The van der Waals surface area contributed by atoms with Crippen molar-refractivity contribution in [2.75, 3.05) is 0 Å². The molecule has 0 aromatic heterocycles. The first-order valence-corrected chi connectivity index (χ1v) is 8.41. The largest absolute Gasteiger partial charge is 0.298 e. The van der Waals surface area contributed by atoms with Gasteiger partial charge in [0.2, 0.25) is 0 Å². The molecule has 0 radical (unpaired) electrons. The quantitative estimate of drug-likeness (QED) is 0.303. The normalized spacial score (nSPS) is 9.95.